The van der Waals surface area contributed by atoms with Crippen molar-refractivity contribution in [2.45, 2.75) is 32.4 Å². The second kappa shape index (κ2) is 13.8. The Morgan fingerprint density at radius 1 is 0.804 bits per heavy atom. The summed E-state index contributed by atoms with van der Waals surface area (Å²) in [6, 6.07) is 28.0. The number of nitrogens with one attached hydrogen (secondary N) is 2. The maximum absolute atomic E-state index is 14.3. The largest absolute Gasteiger partial charge is 0.481 e. The second-order valence-electron chi connectivity index (χ2n) is 10.9. The molecule has 5 amide bonds. The fraction of sp³-hybridized carbons (Fsp3) is 0.171. The number of carbonyl (C=O) groups is 5. The minimum absolute atomic E-state index is 0.244. The summed E-state index contributed by atoms with van der Waals surface area (Å²) in [6.45, 7) is 3.32. The Hall–Kier alpha value is -5.97. The number of hydrogen-bond donors (Lipinski definition) is 3. The second-order valence-corrected chi connectivity index (χ2v) is 10.9. The van der Waals surface area contributed by atoms with Crippen LogP contribution in [0.25, 0.3) is 0 Å². The lowest BCUT2D eigenvalue weighted by atomic mass is 10.1. The van der Waals surface area contributed by atoms with Crippen molar-refractivity contribution in [3.8, 4) is 0 Å². The van der Waals surface area contributed by atoms with Gasteiger partial charge in [-0.3, -0.25) is 29.0 Å². The highest BCUT2D eigenvalue weighted by Crippen LogP contribution is 2.38. The number of nitrogens with zero attached hydrogens (tertiary/aromatic N) is 3. The van der Waals surface area contributed by atoms with Gasteiger partial charge in [0.1, 0.15) is 6.54 Å². The average Bonchev–Trinajstić information content (AvgIpc) is 3.11. The molecule has 1 heterocycles. The quantitative estimate of drug-likeness (QED) is 0.227. The monoisotopic (exact) mass is 619 g/mol. The van der Waals surface area contributed by atoms with E-state index >= 15 is 0 Å². The molecule has 0 saturated heterocycles. The molecular formula is C35H33N5O6. The third-order valence-electron chi connectivity index (χ3n) is 7.34. The van der Waals surface area contributed by atoms with Crippen molar-refractivity contribution < 1.29 is 29.1 Å². The van der Waals surface area contributed by atoms with Crippen LogP contribution in [0.2, 0.25) is 0 Å². The van der Waals surface area contributed by atoms with E-state index < -0.39 is 36.4 Å². The van der Waals surface area contributed by atoms with Crippen LogP contribution in [0.1, 0.15) is 19.4 Å². The van der Waals surface area contributed by atoms with Gasteiger partial charge in [0.05, 0.1) is 17.8 Å². The Balaban J connectivity index is 1.52. The van der Waals surface area contributed by atoms with Crippen LogP contribution in [0, 0.1) is 0 Å². The van der Waals surface area contributed by atoms with Crippen LogP contribution in [0.5, 0.6) is 0 Å². The van der Waals surface area contributed by atoms with E-state index in [1.807, 2.05) is 32.0 Å². The molecule has 4 aromatic rings. The van der Waals surface area contributed by atoms with E-state index in [2.05, 4.69) is 10.6 Å². The molecule has 11 nitrogen and oxygen atoms in total. The molecule has 0 saturated carbocycles. The summed E-state index contributed by atoms with van der Waals surface area (Å²) in [4.78, 5) is 71.1. The lowest BCUT2D eigenvalue weighted by Crippen LogP contribution is -2.57. The van der Waals surface area contributed by atoms with Crippen molar-refractivity contribution >= 4 is 58.2 Å². The Labute approximate surface area is 266 Å². The Morgan fingerprint density at radius 2 is 1.43 bits per heavy atom. The smallest absolute Gasteiger partial charge is 0.320 e. The molecule has 0 aliphatic carbocycles. The van der Waals surface area contributed by atoms with Crippen LogP contribution < -0.4 is 25.3 Å². The van der Waals surface area contributed by atoms with Gasteiger partial charge in [0, 0.05) is 23.1 Å². The van der Waals surface area contributed by atoms with E-state index in [4.69, 9.17) is 5.11 Å². The van der Waals surface area contributed by atoms with Crippen molar-refractivity contribution in [1.82, 2.24) is 5.32 Å². The molecule has 1 atom stereocenters. The zero-order chi connectivity index (χ0) is 32.8. The fourth-order valence-corrected chi connectivity index (χ4v) is 5.40. The summed E-state index contributed by atoms with van der Waals surface area (Å²) in [5, 5.41) is 14.2. The Bertz CT molecular complexity index is 1760. The van der Waals surface area contributed by atoms with Gasteiger partial charge < -0.3 is 20.6 Å². The number of carboxylic acids is 1. The van der Waals surface area contributed by atoms with Gasteiger partial charge in [-0.05, 0) is 67.9 Å². The minimum Gasteiger partial charge on any atom is -0.481 e. The lowest BCUT2D eigenvalue weighted by molar-refractivity contribution is -0.136. The van der Waals surface area contributed by atoms with Gasteiger partial charge in [0.25, 0.3) is 11.8 Å². The maximum Gasteiger partial charge on any atom is 0.320 e. The van der Waals surface area contributed by atoms with Gasteiger partial charge in [0.2, 0.25) is 5.91 Å². The average molecular weight is 620 g/mol. The molecule has 0 radical (unpaired) electrons. The van der Waals surface area contributed by atoms with Gasteiger partial charge in [-0.15, -0.1) is 0 Å². The fourth-order valence-electron chi connectivity index (χ4n) is 5.40. The van der Waals surface area contributed by atoms with E-state index in [0.29, 0.717) is 28.3 Å². The molecule has 46 heavy (non-hydrogen) atoms. The summed E-state index contributed by atoms with van der Waals surface area (Å²) < 4.78 is 0. The molecule has 234 valence electrons. The van der Waals surface area contributed by atoms with Crippen molar-refractivity contribution in [2.24, 2.45) is 0 Å². The van der Waals surface area contributed by atoms with Crippen molar-refractivity contribution in [2.75, 3.05) is 26.6 Å². The van der Waals surface area contributed by atoms with Crippen LogP contribution in [0.3, 0.4) is 0 Å². The van der Waals surface area contributed by atoms with Crippen LogP contribution in [-0.2, 0) is 25.6 Å². The van der Waals surface area contributed by atoms with Crippen molar-refractivity contribution in [3.63, 3.8) is 0 Å². The molecule has 5 rings (SSSR count). The third kappa shape index (κ3) is 6.88. The summed E-state index contributed by atoms with van der Waals surface area (Å²) >= 11 is 0. The lowest BCUT2D eigenvalue weighted by Gasteiger charge is -2.31. The summed E-state index contributed by atoms with van der Waals surface area (Å²) in [6.07, 6.45) is -0.250. The Morgan fingerprint density at radius 3 is 2.09 bits per heavy atom. The molecule has 0 bridgehead atoms. The van der Waals surface area contributed by atoms with Gasteiger partial charge in [-0.2, -0.15) is 0 Å². The van der Waals surface area contributed by atoms with Gasteiger partial charge in [-0.25, -0.2) is 4.79 Å². The highest BCUT2D eigenvalue weighted by atomic mass is 16.4. The van der Waals surface area contributed by atoms with E-state index in [1.165, 1.54) is 15.9 Å². The molecule has 0 spiro atoms. The predicted octanol–water partition coefficient (Wildman–Crippen LogP) is 4.96. The number of hydrogen-bond acceptors (Lipinski definition) is 5. The van der Waals surface area contributed by atoms with E-state index in [1.54, 1.807) is 89.8 Å². The van der Waals surface area contributed by atoms with Crippen LogP contribution in [0.15, 0.2) is 109 Å². The summed E-state index contributed by atoms with van der Waals surface area (Å²) in [5.74, 6) is -2.94. The number of para-hydroxylation sites is 4. The highest BCUT2D eigenvalue weighted by molar-refractivity contribution is 6.25. The number of rotatable bonds is 9. The van der Waals surface area contributed by atoms with Crippen LogP contribution >= 0.6 is 0 Å². The van der Waals surface area contributed by atoms with Gasteiger partial charge in [-0.1, -0.05) is 60.7 Å². The first-order valence-corrected chi connectivity index (χ1v) is 14.7. The first kappa shape index (κ1) is 31.5. The number of carboxylic acid groups (broad SMARTS) is 1. The molecule has 11 heteroatoms. The summed E-state index contributed by atoms with van der Waals surface area (Å²) in [7, 11) is 0. The standard InChI is InChI=1S/C35H33N5O6/c1-23(2)39(26-14-5-3-6-15-26)30(41)22-38-28-18-9-10-19-29(28)40(27-16-7-4-8-17-27)34(45)32(33(38)44)37-35(46)36-25-13-11-12-24(20-25)21-31(42)43/h3-20,23,32H,21-22H2,1-2H3,(H,42,43)(H2,36,37,46). The van der Waals surface area contributed by atoms with Crippen molar-refractivity contribution in [1.29, 1.82) is 0 Å². The maximum atomic E-state index is 14.3. The summed E-state index contributed by atoms with van der Waals surface area (Å²) in [5.41, 5.74) is 2.52. The first-order chi connectivity index (χ1) is 22.1. The molecular weight excluding hydrogens is 586 g/mol. The highest BCUT2D eigenvalue weighted by Gasteiger charge is 2.43. The van der Waals surface area contributed by atoms with Gasteiger partial charge in [0.15, 0.2) is 6.04 Å². The first-order valence-electron chi connectivity index (χ1n) is 14.7. The van der Waals surface area contributed by atoms with E-state index in [-0.39, 0.29) is 24.1 Å². The molecule has 1 aliphatic heterocycles. The zero-order valence-corrected chi connectivity index (χ0v) is 25.3. The molecule has 4 aromatic carbocycles. The molecule has 3 N–H and O–H groups in total. The molecule has 1 aliphatic rings. The number of anilines is 5. The number of urea groups is 1. The minimum atomic E-state index is -1.72. The molecule has 0 fully saturated rings. The van der Waals surface area contributed by atoms with E-state index in [0.717, 1.165) is 0 Å². The molecule has 1 unspecified atom stereocenters. The number of amides is 5. The number of fused-ring (bicyclic) bond motifs is 1. The normalized spacial score (nSPS) is 14.4. The number of aliphatic carboxylic acids is 1. The molecule has 0 aromatic heterocycles. The SMILES string of the molecule is CC(C)N(C(=O)CN1C(=O)C(NC(=O)Nc2cccc(CC(=O)O)c2)C(=O)N(c2ccccc2)c2ccccc21)c1ccccc1. The van der Waals surface area contributed by atoms with Gasteiger partial charge >= 0.3 is 12.0 Å². The zero-order valence-electron chi connectivity index (χ0n) is 25.3. The topological polar surface area (TPSA) is 139 Å². The van der Waals surface area contributed by atoms with Crippen LogP contribution in [0.4, 0.5) is 33.2 Å². The van der Waals surface area contributed by atoms with Crippen LogP contribution in [-0.4, -0.2) is 53.5 Å². The third-order valence-corrected chi connectivity index (χ3v) is 7.34. The number of carbonyl (C=O) groups excluding carboxylic acids is 4. The van der Waals surface area contributed by atoms with Crippen molar-refractivity contribution in [3.05, 3.63) is 115 Å². The number of benzene rings is 4. The van der Waals surface area contributed by atoms with E-state index in [9.17, 15) is 24.0 Å². The predicted molar refractivity (Wildman–Crippen MR) is 175 cm³/mol. The Kier molecular flexibility index (Phi) is 9.41.